The van der Waals surface area contributed by atoms with Gasteiger partial charge in [0.1, 0.15) is 5.82 Å². The van der Waals surface area contributed by atoms with E-state index in [1.807, 2.05) is 31.2 Å². The summed E-state index contributed by atoms with van der Waals surface area (Å²) >= 11 is 7.22. The topological polar surface area (TPSA) is 106 Å². The molecular weight excluding hydrogens is 396 g/mol. The second-order valence-corrected chi connectivity index (χ2v) is 7.34. The molecule has 0 unspecified atom stereocenters. The van der Waals surface area contributed by atoms with Crippen LogP contribution in [0.3, 0.4) is 0 Å². The summed E-state index contributed by atoms with van der Waals surface area (Å²) in [5.74, 6) is 1.59. The van der Waals surface area contributed by atoms with E-state index < -0.39 is 0 Å². The number of nitrogen functional groups attached to an aromatic ring is 1. The molecule has 0 saturated heterocycles. The van der Waals surface area contributed by atoms with Crippen molar-refractivity contribution in [3.8, 4) is 0 Å². The normalized spacial score (nSPS) is 10.5. The minimum absolute atomic E-state index is 0.118. The van der Waals surface area contributed by atoms with Crippen LogP contribution in [0, 0.1) is 6.92 Å². The Labute approximate surface area is 172 Å². The van der Waals surface area contributed by atoms with Crippen molar-refractivity contribution >= 4 is 52.5 Å². The van der Waals surface area contributed by atoms with Crippen LogP contribution in [0.25, 0.3) is 0 Å². The van der Waals surface area contributed by atoms with Gasteiger partial charge in [0.25, 0.3) is 0 Å². The number of hydrogen-bond acceptors (Lipinski definition) is 7. The quantitative estimate of drug-likeness (QED) is 0.535. The largest absolute Gasteiger partial charge is 0.368 e. The van der Waals surface area contributed by atoms with Crippen molar-refractivity contribution in [2.24, 2.45) is 0 Å². The number of nitrogens with two attached hydrogens (primary N) is 1. The summed E-state index contributed by atoms with van der Waals surface area (Å²) < 4.78 is 0. The fourth-order valence-electron chi connectivity index (χ4n) is 2.36. The minimum Gasteiger partial charge on any atom is -0.368 e. The number of para-hydroxylation sites is 1. The molecule has 0 saturated carbocycles. The molecule has 4 N–H and O–H groups in total. The van der Waals surface area contributed by atoms with Crippen molar-refractivity contribution in [1.29, 1.82) is 0 Å². The molecule has 3 aromatic rings. The average molecular weight is 415 g/mol. The Bertz CT molecular complexity index is 967. The highest BCUT2D eigenvalue weighted by Gasteiger charge is 2.08. The number of nitrogens with one attached hydrogen (secondary N) is 2. The lowest BCUT2D eigenvalue weighted by Crippen LogP contribution is -2.14. The summed E-state index contributed by atoms with van der Waals surface area (Å²) in [7, 11) is 0. The van der Waals surface area contributed by atoms with Crippen LogP contribution in [-0.2, 0) is 10.5 Å². The molecule has 28 heavy (non-hydrogen) atoms. The zero-order valence-electron chi connectivity index (χ0n) is 15.1. The van der Waals surface area contributed by atoms with Crippen molar-refractivity contribution in [1.82, 2.24) is 15.0 Å². The van der Waals surface area contributed by atoms with Crippen LogP contribution in [0.1, 0.15) is 11.4 Å². The molecule has 3 rings (SSSR count). The number of aromatic nitrogens is 3. The highest BCUT2D eigenvalue weighted by molar-refractivity contribution is 7.99. The highest BCUT2D eigenvalue weighted by Crippen LogP contribution is 2.19. The number of nitrogens with zero attached hydrogens (tertiary/aromatic N) is 3. The summed E-state index contributed by atoms with van der Waals surface area (Å²) in [6, 6.07) is 14.8. The van der Waals surface area contributed by atoms with Gasteiger partial charge >= 0.3 is 0 Å². The van der Waals surface area contributed by atoms with Crippen LogP contribution >= 0.6 is 23.4 Å². The Morgan fingerprint density at radius 3 is 2.61 bits per heavy atom. The first-order chi connectivity index (χ1) is 13.5. The van der Waals surface area contributed by atoms with E-state index in [0.717, 1.165) is 11.3 Å². The van der Waals surface area contributed by atoms with Gasteiger partial charge in [-0.3, -0.25) is 4.79 Å². The van der Waals surface area contributed by atoms with Gasteiger partial charge in [-0.2, -0.15) is 15.0 Å². The third-order valence-corrected chi connectivity index (χ3v) is 4.86. The molecule has 0 spiro atoms. The number of amides is 1. The molecule has 2 aromatic carbocycles. The molecule has 1 aromatic heterocycles. The predicted octanol–water partition coefficient (Wildman–Crippen LogP) is 4.03. The molecule has 0 aliphatic carbocycles. The lowest BCUT2D eigenvalue weighted by atomic mass is 10.2. The van der Waals surface area contributed by atoms with Crippen LogP contribution in [0.15, 0.2) is 48.5 Å². The van der Waals surface area contributed by atoms with E-state index in [9.17, 15) is 4.79 Å². The number of halogens is 1. The van der Waals surface area contributed by atoms with Crippen LogP contribution in [0.4, 0.5) is 23.3 Å². The second-order valence-electron chi connectivity index (χ2n) is 5.92. The molecular formula is C19H19ClN6OS. The van der Waals surface area contributed by atoms with Crippen LogP contribution in [0.5, 0.6) is 0 Å². The molecule has 0 bridgehead atoms. The minimum atomic E-state index is -0.118. The van der Waals surface area contributed by atoms with Gasteiger partial charge in [-0.05, 0) is 42.8 Å². The number of hydrogen-bond donors (Lipinski definition) is 3. The van der Waals surface area contributed by atoms with E-state index in [-0.39, 0.29) is 17.6 Å². The molecule has 0 atom stereocenters. The number of benzene rings is 2. The van der Waals surface area contributed by atoms with Gasteiger partial charge in [0.15, 0.2) is 0 Å². The SMILES string of the molecule is Cc1ccccc1Nc1nc(N)nc(CSCC(=O)Nc2ccc(Cl)cc2)n1. The van der Waals surface area contributed by atoms with Gasteiger partial charge in [0, 0.05) is 16.4 Å². The molecule has 144 valence electrons. The van der Waals surface area contributed by atoms with E-state index in [1.165, 1.54) is 11.8 Å². The maximum absolute atomic E-state index is 12.0. The van der Waals surface area contributed by atoms with Crippen molar-refractivity contribution in [3.05, 3.63) is 64.9 Å². The number of aryl methyl sites for hydroxylation is 1. The molecule has 1 heterocycles. The molecule has 0 radical (unpaired) electrons. The lowest BCUT2D eigenvalue weighted by Gasteiger charge is -2.09. The summed E-state index contributed by atoms with van der Waals surface area (Å²) in [4.78, 5) is 24.7. The van der Waals surface area contributed by atoms with Gasteiger partial charge in [0.05, 0.1) is 11.5 Å². The molecule has 9 heteroatoms. The summed E-state index contributed by atoms with van der Waals surface area (Å²) in [5.41, 5.74) is 8.46. The zero-order valence-corrected chi connectivity index (χ0v) is 16.7. The van der Waals surface area contributed by atoms with E-state index in [1.54, 1.807) is 24.3 Å². The van der Waals surface area contributed by atoms with Gasteiger partial charge < -0.3 is 16.4 Å². The fraction of sp³-hybridized carbons (Fsp3) is 0.158. The van der Waals surface area contributed by atoms with E-state index in [0.29, 0.717) is 28.2 Å². The van der Waals surface area contributed by atoms with Gasteiger partial charge in [-0.25, -0.2) is 0 Å². The zero-order chi connectivity index (χ0) is 19.9. The first-order valence-electron chi connectivity index (χ1n) is 8.46. The molecule has 1 amide bonds. The lowest BCUT2D eigenvalue weighted by molar-refractivity contribution is -0.113. The summed E-state index contributed by atoms with van der Waals surface area (Å²) in [6.45, 7) is 1.99. The van der Waals surface area contributed by atoms with Crippen molar-refractivity contribution in [2.75, 3.05) is 22.1 Å². The fourth-order valence-corrected chi connectivity index (χ4v) is 3.15. The van der Waals surface area contributed by atoms with E-state index in [2.05, 4.69) is 25.6 Å². The Morgan fingerprint density at radius 2 is 1.86 bits per heavy atom. The van der Waals surface area contributed by atoms with E-state index >= 15 is 0 Å². The first-order valence-corrected chi connectivity index (χ1v) is 9.99. The Morgan fingerprint density at radius 1 is 1.11 bits per heavy atom. The predicted molar refractivity (Wildman–Crippen MR) is 115 cm³/mol. The smallest absolute Gasteiger partial charge is 0.234 e. The average Bonchev–Trinajstić information content (AvgIpc) is 2.65. The maximum Gasteiger partial charge on any atom is 0.234 e. The van der Waals surface area contributed by atoms with Gasteiger partial charge in [0.2, 0.25) is 17.8 Å². The first kappa shape index (κ1) is 19.9. The highest BCUT2D eigenvalue weighted by atomic mass is 35.5. The van der Waals surface area contributed by atoms with Crippen LogP contribution < -0.4 is 16.4 Å². The van der Waals surface area contributed by atoms with Crippen molar-refractivity contribution < 1.29 is 4.79 Å². The van der Waals surface area contributed by atoms with E-state index in [4.69, 9.17) is 17.3 Å². The molecule has 0 aliphatic rings. The Balaban J connectivity index is 1.55. The Hall–Kier alpha value is -2.84. The monoisotopic (exact) mass is 414 g/mol. The third-order valence-electron chi connectivity index (χ3n) is 3.68. The van der Waals surface area contributed by atoms with Crippen LogP contribution in [0.2, 0.25) is 5.02 Å². The molecule has 0 fully saturated rings. The number of anilines is 4. The summed E-state index contributed by atoms with van der Waals surface area (Å²) in [5, 5.41) is 6.58. The van der Waals surface area contributed by atoms with Crippen molar-refractivity contribution in [2.45, 2.75) is 12.7 Å². The standard InChI is InChI=1S/C19H19ClN6OS/c1-12-4-2-3-5-15(12)23-19-25-16(24-18(21)26-19)10-28-11-17(27)22-14-8-6-13(20)7-9-14/h2-9H,10-11H2,1H3,(H,22,27)(H3,21,23,24,25,26). The van der Waals surface area contributed by atoms with Crippen LogP contribution in [-0.4, -0.2) is 26.6 Å². The van der Waals surface area contributed by atoms with Gasteiger partial charge in [-0.15, -0.1) is 11.8 Å². The second kappa shape index (κ2) is 9.38. The number of carbonyl (C=O) groups excluding carboxylic acids is 1. The Kier molecular flexibility index (Phi) is 6.67. The maximum atomic E-state index is 12.0. The number of rotatable bonds is 7. The third kappa shape index (κ3) is 5.83. The summed E-state index contributed by atoms with van der Waals surface area (Å²) in [6.07, 6.45) is 0. The van der Waals surface area contributed by atoms with Crippen molar-refractivity contribution in [3.63, 3.8) is 0 Å². The number of carbonyl (C=O) groups is 1. The molecule has 7 nitrogen and oxygen atoms in total. The number of thioether (sulfide) groups is 1. The van der Waals surface area contributed by atoms with Gasteiger partial charge in [-0.1, -0.05) is 29.8 Å². The molecule has 0 aliphatic heterocycles.